The summed E-state index contributed by atoms with van der Waals surface area (Å²) in [4.78, 5) is 24.6. The maximum Gasteiger partial charge on any atom is 0.324 e. The largest absolute Gasteiger partial charge is 0.480 e. The zero-order valence-corrected chi connectivity index (χ0v) is 21.1. The average Bonchev–Trinajstić information content (AvgIpc) is 3.19. The Bertz CT molecular complexity index is 1450. The molecule has 0 aliphatic carbocycles. The van der Waals surface area contributed by atoms with Gasteiger partial charge in [0.05, 0.1) is 15.5 Å². The van der Waals surface area contributed by atoms with Crippen molar-refractivity contribution >= 4 is 33.1 Å². The number of benzene rings is 3. The molecule has 1 aliphatic heterocycles. The van der Waals surface area contributed by atoms with Gasteiger partial charge >= 0.3 is 5.97 Å². The number of carboxylic acid groups (broad SMARTS) is 1. The molecular formula is C26H27N3O6S. The molecule has 0 amide bonds. The molecule has 0 fully saturated rings. The quantitative estimate of drug-likeness (QED) is 0.354. The predicted octanol–water partition coefficient (Wildman–Crippen LogP) is 4.36. The molecule has 0 spiro atoms. The molecule has 3 aromatic rings. The number of carboxylic acids is 1. The molecule has 0 bridgehead atoms. The topological polar surface area (TPSA) is 121 Å². The van der Waals surface area contributed by atoms with Gasteiger partial charge < -0.3 is 10.0 Å². The zero-order chi connectivity index (χ0) is 26.2. The van der Waals surface area contributed by atoms with Crippen molar-refractivity contribution < 1.29 is 23.2 Å². The third-order valence-corrected chi connectivity index (χ3v) is 8.36. The summed E-state index contributed by atoms with van der Waals surface area (Å²) in [7, 11) is -4.18. The van der Waals surface area contributed by atoms with Crippen molar-refractivity contribution in [1.82, 2.24) is 0 Å². The van der Waals surface area contributed by atoms with E-state index >= 15 is 0 Å². The van der Waals surface area contributed by atoms with Crippen LogP contribution in [-0.4, -0.2) is 37.5 Å². The van der Waals surface area contributed by atoms with Gasteiger partial charge in [0.2, 0.25) is 0 Å². The number of hydrogen-bond acceptors (Lipinski definition) is 6. The first-order valence-corrected chi connectivity index (χ1v) is 12.9. The van der Waals surface area contributed by atoms with Crippen LogP contribution in [0.1, 0.15) is 27.8 Å². The summed E-state index contributed by atoms with van der Waals surface area (Å²) in [6, 6.07) is 15.1. The normalized spacial score (nSPS) is 12.9. The second kappa shape index (κ2) is 9.62. The van der Waals surface area contributed by atoms with Gasteiger partial charge in [-0.15, -0.1) is 0 Å². The summed E-state index contributed by atoms with van der Waals surface area (Å²) >= 11 is 0. The van der Waals surface area contributed by atoms with Crippen LogP contribution in [0.15, 0.2) is 59.5 Å². The number of nitro groups is 1. The summed E-state index contributed by atoms with van der Waals surface area (Å²) in [5.74, 6) is -1.26. The van der Waals surface area contributed by atoms with E-state index in [2.05, 4.69) is 0 Å². The van der Waals surface area contributed by atoms with E-state index in [0.29, 0.717) is 36.3 Å². The average molecular weight is 510 g/mol. The van der Waals surface area contributed by atoms with Gasteiger partial charge in [0.25, 0.3) is 15.7 Å². The monoisotopic (exact) mass is 509 g/mol. The number of aliphatic carboxylic acids is 1. The molecule has 9 nitrogen and oxygen atoms in total. The Hall–Kier alpha value is -3.92. The van der Waals surface area contributed by atoms with E-state index in [0.717, 1.165) is 26.7 Å². The Labute approximate surface area is 209 Å². The SMILES string of the molecule is Cc1cc(C)c(S(=O)(=O)N(CC(=O)O)c2cccc3c2CCN3Cc2cccc([N+](=O)[O-])c2)c(C)c1. The van der Waals surface area contributed by atoms with Crippen LogP contribution in [0.2, 0.25) is 0 Å². The Balaban J connectivity index is 1.76. The highest BCUT2D eigenvalue weighted by Crippen LogP contribution is 2.39. The van der Waals surface area contributed by atoms with Gasteiger partial charge in [-0.25, -0.2) is 8.42 Å². The molecular weight excluding hydrogens is 482 g/mol. The van der Waals surface area contributed by atoms with Crippen molar-refractivity contribution in [2.45, 2.75) is 38.6 Å². The summed E-state index contributed by atoms with van der Waals surface area (Å²) in [5.41, 5.74) is 4.64. The third kappa shape index (κ3) is 4.76. The first-order chi connectivity index (χ1) is 17.0. The van der Waals surface area contributed by atoms with E-state index in [1.807, 2.05) is 17.9 Å². The fourth-order valence-corrected chi connectivity index (χ4v) is 6.84. The molecule has 1 N–H and O–H groups in total. The highest BCUT2D eigenvalue weighted by atomic mass is 32.2. The Morgan fingerprint density at radius 2 is 1.75 bits per heavy atom. The van der Waals surface area contributed by atoms with Crippen molar-refractivity contribution in [3.63, 3.8) is 0 Å². The molecule has 188 valence electrons. The molecule has 0 atom stereocenters. The molecule has 1 heterocycles. The van der Waals surface area contributed by atoms with Gasteiger partial charge in [0.15, 0.2) is 0 Å². The second-order valence-corrected chi connectivity index (χ2v) is 10.8. The highest BCUT2D eigenvalue weighted by Gasteiger charge is 2.34. The lowest BCUT2D eigenvalue weighted by molar-refractivity contribution is -0.384. The molecule has 3 aromatic carbocycles. The van der Waals surface area contributed by atoms with E-state index in [4.69, 9.17) is 0 Å². The van der Waals surface area contributed by atoms with Crippen LogP contribution in [-0.2, 0) is 27.8 Å². The number of nitrogens with zero attached hydrogens (tertiary/aromatic N) is 3. The predicted molar refractivity (Wildman–Crippen MR) is 137 cm³/mol. The molecule has 0 unspecified atom stereocenters. The van der Waals surface area contributed by atoms with Crippen LogP contribution >= 0.6 is 0 Å². The summed E-state index contributed by atoms with van der Waals surface area (Å²) in [5, 5.41) is 20.8. The maximum absolute atomic E-state index is 13.9. The molecule has 36 heavy (non-hydrogen) atoms. The Morgan fingerprint density at radius 3 is 2.39 bits per heavy atom. The van der Waals surface area contributed by atoms with E-state index in [1.165, 1.54) is 12.1 Å². The van der Waals surface area contributed by atoms with Gasteiger partial charge in [-0.2, -0.15) is 0 Å². The number of sulfonamides is 1. The second-order valence-electron chi connectivity index (χ2n) is 9.01. The van der Waals surface area contributed by atoms with Gasteiger partial charge in [-0.1, -0.05) is 35.9 Å². The lowest BCUT2D eigenvalue weighted by Crippen LogP contribution is -2.37. The first kappa shape index (κ1) is 25.2. The number of fused-ring (bicyclic) bond motifs is 1. The van der Waals surface area contributed by atoms with Crippen LogP contribution in [0.3, 0.4) is 0 Å². The van der Waals surface area contributed by atoms with Crippen LogP contribution in [0.5, 0.6) is 0 Å². The van der Waals surface area contributed by atoms with Crippen molar-refractivity contribution in [3.05, 3.63) is 92.5 Å². The van der Waals surface area contributed by atoms with Gasteiger partial charge in [-0.05, 0) is 56.0 Å². The molecule has 0 radical (unpaired) electrons. The van der Waals surface area contributed by atoms with Crippen LogP contribution in [0.25, 0.3) is 0 Å². The number of carbonyl (C=O) groups is 1. The minimum atomic E-state index is -4.18. The Kier molecular flexibility index (Phi) is 6.73. The van der Waals surface area contributed by atoms with Gasteiger partial charge in [0.1, 0.15) is 6.54 Å². The molecule has 10 heteroatoms. The summed E-state index contributed by atoms with van der Waals surface area (Å²) < 4.78 is 28.7. The lowest BCUT2D eigenvalue weighted by atomic mass is 10.1. The third-order valence-electron chi connectivity index (χ3n) is 6.29. The lowest BCUT2D eigenvalue weighted by Gasteiger charge is -2.27. The fourth-order valence-electron chi connectivity index (χ4n) is 4.98. The number of non-ortho nitro benzene ring substituents is 1. The number of anilines is 2. The van der Waals surface area contributed by atoms with Crippen molar-refractivity contribution in [2.24, 2.45) is 0 Å². The van der Waals surface area contributed by atoms with Crippen LogP contribution in [0.4, 0.5) is 17.1 Å². The van der Waals surface area contributed by atoms with Crippen molar-refractivity contribution in [3.8, 4) is 0 Å². The van der Waals surface area contributed by atoms with Gasteiger partial charge in [0, 0.05) is 36.5 Å². The van der Waals surface area contributed by atoms with Crippen LogP contribution < -0.4 is 9.21 Å². The zero-order valence-electron chi connectivity index (χ0n) is 20.3. The summed E-state index contributed by atoms with van der Waals surface area (Å²) in [6.45, 7) is 5.56. The van der Waals surface area contributed by atoms with E-state index < -0.39 is 27.5 Å². The number of aryl methyl sites for hydroxylation is 3. The van der Waals surface area contributed by atoms with E-state index in [9.17, 15) is 28.4 Å². The summed E-state index contributed by atoms with van der Waals surface area (Å²) in [6.07, 6.45) is 0.512. The van der Waals surface area contributed by atoms with Crippen molar-refractivity contribution in [1.29, 1.82) is 0 Å². The Morgan fingerprint density at radius 1 is 1.08 bits per heavy atom. The minimum Gasteiger partial charge on any atom is -0.480 e. The standard InChI is InChI=1S/C26H27N3O6S/c1-17-12-18(2)26(19(3)13-17)36(34,35)28(16-25(30)31)24-9-5-8-23-22(24)10-11-27(23)15-20-6-4-7-21(14-20)29(32)33/h4-9,12-14H,10-11,15-16H2,1-3H3,(H,30,31). The molecule has 1 aliphatic rings. The number of rotatable bonds is 8. The van der Waals surface area contributed by atoms with E-state index in [1.54, 1.807) is 50.2 Å². The minimum absolute atomic E-state index is 0.00300. The maximum atomic E-state index is 13.9. The molecule has 4 rings (SSSR count). The molecule has 0 saturated heterocycles. The van der Waals surface area contributed by atoms with Gasteiger partial charge in [-0.3, -0.25) is 19.2 Å². The first-order valence-electron chi connectivity index (χ1n) is 11.4. The van der Waals surface area contributed by atoms with E-state index in [-0.39, 0.29) is 10.6 Å². The number of nitro benzene ring substituents is 1. The smallest absolute Gasteiger partial charge is 0.324 e. The molecule has 0 aromatic heterocycles. The number of hydrogen-bond donors (Lipinski definition) is 1. The van der Waals surface area contributed by atoms with Crippen LogP contribution in [0, 0.1) is 30.9 Å². The fraction of sp³-hybridized carbons (Fsp3) is 0.269. The van der Waals surface area contributed by atoms with Crippen molar-refractivity contribution in [2.75, 3.05) is 22.3 Å². The molecule has 0 saturated carbocycles. The highest BCUT2D eigenvalue weighted by molar-refractivity contribution is 7.93.